The second-order valence-corrected chi connectivity index (χ2v) is 6.33. The van der Waals surface area contributed by atoms with Crippen molar-refractivity contribution in [3.63, 3.8) is 0 Å². The van der Waals surface area contributed by atoms with Crippen LogP contribution < -0.4 is 10.2 Å². The van der Waals surface area contributed by atoms with Gasteiger partial charge in [0.25, 0.3) is 0 Å². The van der Waals surface area contributed by atoms with Crippen molar-refractivity contribution in [1.82, 2.24) is 5.32 Å². The molecule has 3 nitrogen and oxygen atoms in total. The molecule has 4 heteroatoms. The van der Waals surface area contributed by atoms with Crippen molar-refractivity contribution in [1.29, 1.82) is 0 Å². The summed E-state index contributed by atoms with van der Waals surface area (Å²) in [5.41, 5.74) is 2.43. The molecule has 1 N–H and O–H groups in total. The molecule has 2 aliphatic rings. The summed E-state index contributed by atoms with van der Waals surface area (Å²) < 4.78 is 5.73. The first-order valence-electron chi connectivity index (χ1n) is 7.57. The van der Waals surface area contributed by atoms with Crippen LogP contribution in [-0.2, 0) is 11.3 Å². The average Bonchev–Trinajstić information content (AvgIpc) is 3.13. The third-order valence-electron chi connectivity index (χ3n) is 4.11. The fourth-order valence-electron chi connectivity index (χ4n) is 2.86. The molecule has 0 aromatic heterocycles. The number of rotatable bonds is 6. The Morgan fingerprint density at radius 1 is 1.35 bits per heavy atom. The molecule has 1 aromatic rings. The molecule has 1 heterocycles. The van der Waals surface area contributed by atoms with E-state index in [4.69, 9.17) is 16.3 Å². The lowest BCUT2D eigenvalue weighted by Gasteiger charge is -2.26. The fourth-order valence-corrected chi connectivity index (χ4v) is 3.20. The molecule has 1 aromatic carbocycles. The van der Waals surface area contributed by atoms with Crippen LogP contribution in [0.2, 0.25) is 5.02 Å². The third kappa shape index (κ3) is 3.46. The summed E-state index contributed by atoms with van der Waals surface area (Å²) in [6, 6.07) is 6.90. The number of ether oxygens (including phenoxy) is 1. The molecular formula is C16H23ClN2O. The minimum Gasteiger partial charge on any atom is -0.376 e. The maximum Gasteiger partial charge on any atom is 0.0750 e. The molecule has 0 spiro atoms. The van der Waals surface area contributed by atoms with Gasteiger partial charge in [-0.2, -0.15) is 0 Å². The van der Waals surface area contributed by atoms with Crippen LogP contribution in [0.15, 0.2) is 18.2 Å². The molecule has 1 aliphatic heterocycles. The Balaban J connectivity index is 1.70. The highest BCUT2D eigenvalue weighted by Gasteiger charge is 2.23. The first-order chi connectivity index (χ1) is 9.74. The van der Waals surface area contributed by atoms with E-state index in [0.717, 1.165) is 36.8 Å². The fraction of sp³-hybridized carbons (Fsp3) is 0.625. The smallest absolute Gasteiger partial charge is 0.0750 e. The minimum atomic E-state index is 0.348. The van der Waals surface area contributed by atoms with Crippen molar-refractivity contribution in [2.75, 3.05) is 25.1 Å². The lowest BCUT2D eigenvalue weighted by Crippen LogP contribution is -2.30. The second kappa shape index (κ2) is 6.33. The van der Waals surface area contributed by atoms with Crippen LogP contribution in [0.5, 0.6) is 0 Å². The number of para-hydroxylation sites is 1. The van der Waals surface area contributed by atoms with Gasteiger partial charge in [-0.05, 0) is 37.3 Å². The van der Waals surface area contributed by atoms with Crippen LogP contribution in [0, 0.1) is 0 Å². The van der Waals surface area contributed by atoms with Crippen LogP contribution in [0.1, 0.15) is 31.2 Å². The number of hydrogen-bond acceptors (Lipinski definition) is 3. The zero-order chi connectivity index (χ0) is 13.9. The highest BCUT2D eigenvalue weighted by Crippen LogP contribution is 2.31. The van der Waals surface area contributed by atoms with Gasteiger partial charge in [-0.25, -0.2) is 0 Å². The highest BCUT2D eigenvalue weighted by molar-refractivity contribution is 6.33. The standard InChI is InChI=1S/C16H23ClN2O/c1-19(11-14-5-3-9-20-14)16-12(4-2-6-15(16)17)10-18-13-7-8-13/h2,4,6,13-14,18H,3,5,7-11H2,1H3. The third-order valence-corrected chi connectivity index (χ3v) is 4.42. The van der Waals surface area contributed by atoms with Crippen molar-refractivity contribution in [3.8, 4) is 0 Å². The quantitative estimate of drug-likeness (QED) is 0.872. The van der Waals surface area contributed by atoms with Gasteiger partial charge in [0.2, 0.25) is 0 Å². The lowest BCUT2D eigenvalue weighted by molar-refractivity contribution is 0.116. The maximum absolute atomic E-state index is 6.43. The summed E-state index contributed by atoms with van der Waals surface area (Å²) in [5, 5.41) is 4.41. The summed E-state index contributed by atoms with van der Waals surface area (Å²) >= 11 is 6.43. The van der Waals surface area contributed by atoms with E-state index in [-0.39, 0.29) is 0 Å². The van der Waals surface area contributed by atoms with Crippen LogP contribution in [0.25, 0.3) is 0 Å². The van der Waals surface area contributed by atoms with E-state index in [0.29, 0.717) is 12.1 Å². The molecular weight excluding hydrogens is 272 g/mol. The lowest BCUT2D eigenvalue weighted by atomic mass is 10.1. The van der Waals surface area contributed by atoms with Gasteiger partial charge in [-0.1, -0.05) is 23.7 Å². The summed E-state index contributed by atoms with van der Waals surface area (Å²) in [4.78, 5) is 2.25. The normalized spacial score (nSPS) is 22.2. The second-order valence-electron chi connectivity index (χ2n) is 5.92. The molecule has 0 radical (unpaired) electrons. The van der Waals surface area contributed by atoms with Gasteiger partial charge in [0.1, 0.15) is 0 Å². The van der Waals surface area contributed by atoms with Crippen LogP contribution in [0.4, 0.5) is 5.69 Å². The number of benzene rings is 1. The minimum absolute atomic E-state index is 0.348. The van der Waals surface area contributed by atoms with E-state index in [1.807, 2.05) is 12.1 Å². The Bertz CT molecular complexity index is 456. The number of nitrogens with one attached hydrogen (secondary N) is 1. The molecule has 3 rings (SSSR count). The van der Waals surface area contributed by atoms with E-state index >= 15 is 0 Å². The summed E-state index contributed by atoms with van der Waals surface area (Å²) in [6.07, 6.45) is 5.30. The zero-order valence-electron chi connectivity index (χ0n) is 12.1. The summed E-state index contributed by atoms with van der Waals surface area (Å²) in [7, 11) is 2.11. The van der Waals surface area contributed by atoms with Crippen molar-refractivity contribution in [3.05, 3.63) is 28.8 Å². The van der Waals surface area contributed by atoms with E-state index in [1.54, 1.807) is 0 Å². The Morgan fingerprint density at radius 3 is 2.90 bits per heavy atom. The molecule has 1 saturated heterocycles. The molecule has 1 aliphatic carbocycles. The Kier molecular flexibility index (Phi) is 4.49. The van der Waals surface area contributed by atoms with Gasteiger partial charge in [0, 0.05) is 32.8 Å². The van der Waals surface area contributed by atoms with Crippen LogP contribution >= 0.6 is 11.6 Å². The Morgan fingerprint density at radius 2 is 2.20 bits per heavy atom. The highest BCUT2D eigenvalue weighted by atomic mass is 35.5. The molecule has 0 bridgehead atoms. The molecule has 1 unspecified atom stereocenters. The molecule has 0 amide bonds. The summed E-state index contributed by atoms with van der Waals surface area (Å²) in [5.74, 6) is 0. The van der Waals surface area contributed by atoms with Crippen LogP contribution in [-0.4, -0.2) is 32.3 Å². The first-order valence-corrected chi connectivity index (χ1v) is 7.95. The molecule has 20 heavy (non-hydrogen) atoms. The average molecular weight is 295 g/mol. The maximum atomic E-state index is 6.43. The van der Waals surface area contributed by atoms with E-state index in [9.17, 15) is 0 Å². The first kappa shape index (κ1) is 14.2. The van der Waals surface area contributed by atoms with E-state index in [2.05, 4.69) is 23.3 Å². The van der Waals surface area contributed by atoms with Crippen LogP contribution in [0.3, 0.4) is 0 Å². The zero-order valence-corrected chi connectivity index (χ0v) is 12.8. The van der Waals surface area contributed by atoms with Crippen molar-refractivity contribution >= 4 is 17.3 Å². The number of anilines is 1. The Labute approximate surface area is 126 Å². The number of halogens is 1. The van der Waals surface area contributed by atoms with E-state index < -0.39 is 0 Å². The van der Waals surface area contributed by atoms with Crippen molar-refractivity contribution < 1.29 is 4.74 Å². The largest absolute Gasteiger partial charge is 0.376 e. The topological polar surface area (TPSA) is 24.5 Å². The van der Waals surface area contributed by atoms with Crippen molar-refractivity contribution in [2.45, 2.75) is 44.4 Å². The SMILES string of the molecule is CN(CC1CCCO1)c1c(Cl)cccc1CNC1CC1. The monoisotopic (exact) mass is 294 g/mol. The van der Waals surface area contributed by atoms with Crippen molar-refractivity contribution in [2.24, 2.45) is 0 Å². The van der Waals surface area contributed by atoms with Gasteiger partial charge in [-0.3, -0.25) is 0 Å². The van der Waals surface area contributed by atoms with Gasteiger partial charge < -0.3 is 15.0 Å². The van der Waals surface area contributed by atoms with Gasteiger partial charge in [-0.15, -0.1) is 0 Å². The molecule has 1 atom stereocenters. The Hall–Kier alpha value is -0.770. The number of hydrogen-bond donors (Lipinski definition) is 1. The van der Waals surface area contributed by atoms with E-state index in [1.165, 1.54) is 24.8 Å². The summed E-state index contributed by atoms with van der Waals surface area (Å²) in [6.45, 7) is 2.72. The number of nitrogens with zero attached hydrogens (tertiary/aromatic N) is 1. The molecule has 110 valence electrons. The number of likely N-dealkylation sites (N-methyl/N-ethyl adjacent to an activating group) is 1. The molecule has 1 saturated carbocycles. The molecule has 2 fully saturated rings. The van der Waals surface area contributed by atoms with Gasteiger partial charge in [0.05, 0.1) is 16.8 Å². The van der Waals surface area contributed by atoms with Gasteiger partial charge in [0.15, 0.2) is 0 Å². The van der Waals surface area contributed by atoms with Gasteiger partial charge >= 0.3 is 0 Å². The predicted octanol–water partition coefficient (Wildman–Crippen LogP) is 3.21. The predicted molar refractivity (Wildman–Crippen MR) is 83.6 cm³/mol.